The molecule has 8 heteroatoms. The van der Waals surface area contributed by atoms with Crippen LogP contribution in [0.3, 0.4) is 0 Å². The molecule has 1 fully saturated rings. The molecule has 27 heavy (non-hydrogen) atoms. The number of fused-ring (bicyclic) bond motifs is 1. The molecule has 2 aliphatic heterocycles. The molecule has 142 valence electrons. The van der Waals surface area contributed by atoms with Gasteiger partial charge in [-0.2, -0.15) is 0 Å². The van der Waals surface area contributed by atoms with Crippen molar-refractivity contribution in [2.75, 3.05) is 26.3 Å². The minimum absolute atomic E-state index is 0.0930. The van der Waals surface area contributed by atoms with Crippen LogP contribution in [0.4, 0.5) is 0 Å². The SMILES string of the molecule is O=C(O)c1cnc(C2CCN(C(=O)Cc3ccc4c(c3)OCCO4)CC2)s1. The fourth-order valence-corrected chi connectivity index (χ4v) is 4.36. The van der Waals surface area contributed by atoms with E-state index in [1.807, 2.05) is 23.1 Å². The maximum absolute atomic E-state index is 12.6. The molecule has 1 saturated heterocycles. The molecule has 0 bridgehead atoms. The molecular formula is C19H20N2O5S. The Kier molecular flexibility index (Phi) is 4.98. The molecule has 0 unspecified atom stereocenters. The average Bonchev–Trinajstić information content (AvgIpc) is 3.18. The zero-order chi connectivity index (χ0) is 18.8. The summed E-state index contributed by atoms with van der Waals surface area (Å²) in [5.74, 6) is 0.799. The van der Waals surface area contributed by atoms with Gasteiger partial charge in [0.15, 0.2) is 11.5 Å². The Morgan fingerprint density at radius 2 is 1.93 bits per heavy atom. The van der Waals surface area contributed by atoms with Crippen molar-refractivity contribution < 1.29 is 24.2 Å². The Morgan fingerprint density at radius 3 is 2.63 bits per heavy atom. The Bertz CT molecular complexity index is 858. The number of ether oxygens (including phenoxy) is 2. The fourth-order valence-electron chi connectivity index (χ4n) is 3.44. The van der Waals surface area contributed by atoms with E-state index in [2.05, 4.69) is 4.98 Å². The summed E-state index contributed by atoms with van der Waals surface area (Å²) in [5, 5.41) is 9.88. The molecule has 1 amide bonds. The number of benzene rings is 1. The Labute approximate surface area is 160 Å². The molecule has 7 nitrogen and oxygen atoms in total. The monoisotopic (exact) mass is 388 g/mol. The van der Waals surface area contributed by atoms with Crippen LogP contribution in [0.1, 0.15) is 39.0 Å². The number of hydrogen-bond acceptors (Lipinski definition) is 6. The quantitative estimate of drug-likeness (QED) is 0.866. The van der Waals surface area contributed by atoms with Gasteiger partial charge in [-0.15, -0.1) is 11.3 Å². The first-order valence-electron chi connectivity index (χ1n) is 8.95. The van der Waals surface area contributed by atoms with Crippen LogP contribution in [0.2, 0.25) is 0 Å². The third-order valence-electron chi connectivity index (χ3n) is 4.89. The Morgan fingerprint density at radius 1 is 1.19 bits per heavy atom. The first-order valence-corrected chi connectivity index (χ1v) is 9.77. The van der Waals surface area contributed by atoms with Crippen molar-refractivity contribution >= 4 is 23.2 Å². The summed E-state index contributed by atoms with van der Waals surface area (Å²) >= 11 is 1.23. The summed E-state index contributed by atoms with van der Waals surface area (Å²) in [7, 11) is 0. The van der Waals surface area contributed by atoms with E-state index >= 15 is 0 Å². The number of hydrogen-bond donors (Lipinski definition) is 1. The number of carboxylic acids is 1. The van der Waals surface area contributed by atoms with Crippen molar-refractivity contribution in [2.45, 2.75) is 25.2 Å². The minimum Gasteiger partial charge on any atom is -0.486 e. The molecule has 1 N–H and O–H groups in total. The van der Waals surface area contributed by atoms with Gasteiger partial charge in [0.25, 0.3) is 0 Å². The summed E-state index contributed by atoms with van der Waals surface area (Å²) < 4.78 is 11.1. The molecular weight excluding hydrogens is 368 g/mol. The van der Waals surface area contributed by atoms with Gasteiger partial charge in [0, 0.05) is 19.0 Å². The van der Waals surface area contributed by atoms with Crippen LogP contribution < -0.4 is 9.47 Å². The van der Waals surface area contributed by atoms with Crippen molar-refractivity contribution in [1.82, 2.24) is 9.88 Å². The molecule has 1 aromatic heterocycles. The zero-order valence-corrected chi connectivity index (χ0v) is 15.5. The normalized spacial score (nSPS) is 17.0. The summed E-state index contributed by atoms with van der Waals surface area (Å²) in [6.07, 6.45) is 3.36. The fraction of sp³-hybridized carbons (Fsp3) is 0.421. The highest BCUT2D eigenvalue weighted by atomic mass is 32.1. The maximum atomic E-state index is 12.6. The number of amides is 1. The smallest absolute Gasteiger partial charge is 0.347 e. The van der Waals surface area contributed by atoms with Crippen LogP contribution in [-0.4, -0.2) is 53.2 Å². The van der Waals surface area contributed by atoms with E-state index in [1.54, 1.807) is 0 Å². The zero-order valence-electron chi connectivity index (χ0n) is 14.7. The van der Waals surface area contributed by atoms with Gasteiger partial charge >= 0.3 is 5.97 Å². The summed E-state index contributed by atoms with van der Waals surface area (Å²) in [6, 6.07) is 5.63. The van der Waals surface area contributed by atoms with E-state index in [9.17, 15) is 9.59 Å². The predicted octanol–water partition coefficient (Wildman–Crippen LogP) is 2.56. The molecule has 1 aromatic carbocycles. The third kappa shape index (κ3) is 3.90. The lowest BCUT2D eigenvalue weighted by Gasteiger charge is -2.31. The lowest BCUT2D eigenvalue weighted by molar-refractivity contribution is -0.131. The summed E-state index contributed by atoms with van der Waals surface area (Å²) in [5.41, 5.74) is 0.914. The largest absolute Gasteiger partial charge is 0.486 e. The number of carboxylic acid groups (broad SMARTS) is 1. The molecule has 0 atom stereocenters. The van der Waals surface area contributed by atoms with Crippen LogP contribution in [0.5, 0.6) is 11.5 Å². The average molecular weight is 388 g/mol. The molecule has 3 heterocycles. The van der Waals surface area contributed by atoms with Crippen LogP contribution >= 0.6 is 11.3 Å². The first-order chi connectivity index (χ1) is 13.1. The van der Waals surface area contributed by atoms with Crippen molar-refractivity contribution in [3.63, 3.8) is 0 Å². The van der Waals surface area contributed by atoms with Gasteiger partial charge in [0.05, 0.1) is 17.6 Å². The summed E-state index contributed by atoms with van der Waals surface area (Å²) in [6.45, 7) is 2.40. The van der Waals surface area contributed by atoms with Crippen molar-refractivity contribution in [3.05, 3.63) is 39.8 Å². The van der Waals surface area contributed by atoms with Gasteiger partial charge in [0.2, 0.25) is 5.91 Å². The van der Waals surface area contributed by atoms with Crippen LogP contribution in [0.15, 0.2) is 24.4 Å². The van der Waals surface area contributed by atoms with Crippen LogP contribution in [-0.2, 0) is 11.2 Å². The summed E-state index contributed by atoms with van der Waals surface area (Å²) in [4.78, 5) is 30.0. The van der Waals surface area contributed by atoms with Crippen LogP contribution in [0.25, 0.3) is 0 Å². The maximum Gasteiger partial charge on any atom is 0.347 e. The number of thiazole rings is 1. The van der Waals surface area contributed by atoms with E-state index in [0.29, 0.717) is 38.5 Å². The number of aromatic carboxylic acids is 1. The van der Waals surface area contributed by atoms with Gasteiger partial charge in [-0.3, -0.25) is 4.79 Å². The van der Waals surface area contributed by atoms with Gasteiger partial charge in [0.1, 0.15) is 18.1 Å². The van der Waals surface area contributed by atoms with Gasteiger partial charge < -0.3 is 19.5 Å². The highest BCUT2D eigenvalue weighted by molar-refractivity contribution is 7.13. The van der Waals surface area contributed by atoms with E-state index in [0.717, 1.165) is 29.2 Å². The molecule has 0 aliphatic carbocycles. The molecule has 2 aromatic rings. The van der Waals surface area contributed by atoms with Crippen molar-refractivity contribution in [2.24, 2.45) is 0 Å². The lowest BCUT2D eigenvalue weighted by atomic mass is 9.97. The van der Waals surface area contributed by atoms with E-state index in [1.165, 1.54) is 17.5 Å². The molecule has 2 aliphatic rings. The third-order valence-corrected chi connectivity index (χ3v) is 6.04. The Hall–Kier alpha value is -2.61. The Balaban J connectivity index is 1.33. The van der Waals surface area contributed by atoms with Crippen LogP contribution in [0, 0.1) is 0 Å². The highest BCUT2D eigenvalue weighted by Gasteiger charge is 2.26. The second-order valence-electron chi connectivity index (χ2n) is 6.68. The lowest BCUT2D eigenvalue weighted by Crippen LogP contribution is -2.38. The number of carbonyl (C=O) groups excluding carboxylic acids is 1. The second-order valence-corrected chi connectivity index (χ2v) is 7.74. The molecule has 0 saturated carbocycles. The standard InChI is InChI=1S/C19H20N2O5S/c22-17(10-12-1-2-14-15(9-12)26-8-7-25-14)21-5-3-13(4-6-21)18-20-11-16(27-18)19(23)24/h1-2,9,11,13H,3-8,10H2,(H,23,24). The number of nitrogens with zero attached hydrogens (tertiary/aromatic N) is 2. The number of aromatic nitrogens is 1. The first kappa shape index (κ1) is 17.8. The second kappa shape index (κ2) is 7.56. The van der Waals surface area contributed by atoms with Gasteiger partial charge in [-0.1, -0.05) is 6.07 Å². The van der Waals surface area contributed by atoms with Gasteiger partial charge in [-0.25, -0.2) is 9.78 Å². The number of carbonyl (C=O) groups is 2. The van der Waals surface area contributed by atoms with E-state index in [4.69, 9.17) is 14.6 Å². The van der Waals surface area contributed by atoms with E-state index < -0.39 is 5.97 Å². The van der Waals surface area contributed by atoms with Crippen molar-refractivity contribution in [3.8, 4) is 11.5 Å². The number of piperidine rings is 1. The number of likely N-dealkylation sites (tertiary alicyclic amines) is 1. The molecule has 4 rings (SSSR count). The molecule has 0 spiro atoms. The van der Waals surface area contributed by atoms with E-state index in [-0.39, 0.29) is 16.7 Å². The topological polar surface area (TPSA) is 89.0 Å². The predicted molar refractivity (Wildman–Crippen MR) is 98.8 cm³/mol. The highest BCUT2D eigenvalue weighted by Crippen LogP contribution is 2.33. The number of rotatable bonds is 4. The molecule has 0 radical (unpaired) electrons. The van der Waals surface area contributed by atoms with Gasteiger partial charge in [-0.05, 0) is 30.5 Å². The van der Waals surface area contributed by atoms with Crippen molar-refractivity contribution in [1.29, 1.82) is 0 Å². The minimum atomic E-state index is -0.939.